The Morgan fingerprint density at radius 3 is 2.17 bits per heavy atom. The van der Waals surface area contributed by atoms with Gasteiger partial charge < -0.3 is 25.0 Å². The first-order chi connectivity index (χ1) is 16.6. The zero-order valence-corrected chi connectivity index (χ0v) is 19.3. The molecule has 184 valence electrons. The standard InChI is InChI=1S/C25H26N2O8/c1-25(2)27(20(13-35-25)23(31)32)22(30)19(11-21(28)29)26-24(33)34-12-18-16-9-5-3-7-14(16)15-8-4-6-10-17(15)18/h3-10,18-20H,11-13H2,1-2H3,(H,26,33)(H,28,29)(H,31,32)/t19-,20-/m0/s1. The van der Waals surface area contributed by atoms with Gasteiger partial charge in [-0.15, -0.1) is 0 Å². The number of hydrogen-bond donors (Lipinski definition) is 3. The van der Waals surface area contributed by atoms with Gasteiger partial charge in [-0.2, -0.15) is 0 Å². The molecule has 0 saturated carbocycles. The zero-order valence-electron chi connectivity index (χ0n) is 19.3. The summed E-state index contributed by atoms with van der Waals surface area (Å²) in [5.41, 5.74) is 2.80. The highest BCUT2D eigenvalue weighted by atomic mass is 16.6. The molecule has 0 aromatic heterocycles. The van der Waals surface area contributed by atoms with E-state index >= 15 is 0 Å². The molecule has 1 saturated heterocycles. The fourth-order valence-electron chi connectivity index (χ4n) is 4.73. The van der Waals surface area contributed by atoms with Gasteiger partial charge in [0.2, 0.25) is 5.91 Å². The van der Waals surface area contributed by atoms with E-state index in [1.165, 1.54) is 13.8 Å². The highest BCUT2D eigenvalue weighted by Crippen LogP contribution is 2.44. The minimum absolute atomic E-state index is 0.0239. The first kappa shape index (κ1) is 24.2. The molecule has 35 heavy (non-hydrogen) atoms. The summed E-state index contributed by atoms with van der Waals surface area (Å²) in [6, 6.07) is 12.7. The summed E-state index contributed by atoms with van der Waals surface area (Å²) >= 11 is 0. The number of rotatable bonds is 7. The van der Waals surface area contributed by atoms with Crippen LogP contribution in [0, 0.1) is 0 Å². The van der Waals surface area contributed by atoms with Crippen LogP contribution in [0.5, 0.6) is 0 Å². The van der Waals surface area contributed by atoms with E-state index in [0.29, 0.717) is 0 Å². The summed E-state index contributed by atoms with van der Waals surface area (Å²) in [6.07, 6.45) is -1.72. The lowest BCUT2D eigenvalue weighted by Gasteiger charge is -2.34. The second-order valence-corrected chi connectivity index (χ2v) is 8.94. The van der Waals surface area contributed by atoms with E-state index in [2.05, 4.69) is 5.32 Å². The molecule has 3 N–H and O–H groups in total. The number of alkyl carbamates (subject to hydrolysis) is 1. The van der Waals surface area contributed by atoms with Gasteiger partial charge in [0.15, 0.2) is 6.04 Å². The number of nitrogens with zero attached hydrogens (tertiary/aromatic N) is 1. The molecule has 0 unspecified atom stereocenters. The van der Waals surface area contributed by atoms with Gasteiger partial charge in [0, 0.05) is 5.92 Å². The third kappa shape index (κ3) is 4.69. The Balaban J connectivity index is 1.49. The molecule has 0 bridgehead atoms. The second kappa shape index (κ2) is 9.38. The Bertz CT molecular complexity index is 1130. The predicted octanol–water partition coefficient (Wildman–Crippen LogP) is 2.42. The van der Waals surface area contributed by atoms with Crippen molar-refractivity contribution in [1.82, 2.24) is 10.2 Å². The molecule has 10 nitrogen and oxygen atoms in total. The van der Waals surface area contributed by atoms with Crippen LogP contribution in [-0.2, 0) is 23.9 Å². The lowest BCUT2D eigenvalue weighted by atomic mass is 9.98. The topological polar surface area (TPSA) is 142 Å². The number of nitrogens with one attached hydrogen (secondary N) is 1. The molecule has 2 amide bonds. The van der Waals surface area contributed by atoms with Gasteiger partial charge in [-0.05, 0) is 36.1 Å². The Morgan fingerprint density at radius 2 is 1.63 bits per heavy atom. The maximum Gasteiger partial charge on any atom is 0.407 e. The molecule has 1 heterocycles. The molecule has 4 rings (SSSR count). The highest BCUT2D eigenvalue weighted by molar-refractivity contribution is 5.92. The van der Waals surface area contributed by atoms with Crippen molar-refractivity contribution in [2.24, 2.45) is 0 Å². The molecular formula is C25H26N2O8. The SMILES string of the molecule is CC1(C)OC[C@@H](C(=O)O)N1C(=O)[C@H](CC(=O)O)NC(=O)OCC1c2ccccc2-c2ccccc21. The minimum Gasteiger partial charge on any atom is -0.481 e. The molecular weight excluding hydrogens is 456 g/mol. The van der Waals surface area contributed by atoms with Crippen molar-refractivity contribution in [2.45, 2.75) is 44.0 Å². The predicted molar refractivity (Wildman–Crippen MR) is 123 cm³/mol. The van der Waals surface area contributed by atoms with Crippen LogP contribution >= 0.6 is 0 Å². The second-order valence-electron chi connectivity index (χ2n) is 8.94. The lowest BCUT2D eigenvalue weighted by Crippen LogP contribution is -2.58. The summed E-state index contributed by atoms with van der Waals surface area (Å²) in [6.45, 7) is 2.72. The van der Waals surface area contributed by atoms with E-state index in [1.54, 1.807) is 0 Å². The Hall–Kier alpha value is -3.92. The van der Waals surface area contributed by atoms with Gasteiger partial charge in [0.05, 0.1) is 13.0 Å². The molecule has 0 radical (unpaired) electrons. The number of fused-ring (bicyclic) bond motifs is 3. The van der Waals surface area contributed by atoms with Gasteiger partial charge in [0.1, 0.15) is 18.4 Å². The molecule has 1 aliphatic carbocycles. The Kier molecular flexibility index (Phi) is 6.49. The maximum absolute atomic E-state index is 13.2. The third-order valence-electron chi connectivity index (χ3n) is 6.32. The quantitative estimate of drug-likeness (QED) is 0.546. The van der Waals surface area contributed by atoms with Gasteiger partial charge >= 0.3 is 18.0 Å². The fraction of sp³-hybridized carbons (Fsp3) is 0.360. The molecule has 1 fully saturated rings. The Morgan fingerprint density at radius 1 is 1.06 bits per heavy atom. The van der Waals surface area contributed by atoms with Crippen LogP contribution in [0.15, 0.2) is 48.5 Å². The number of carboxylic acid groups (broad SMARTS) is 2. The number of aliphatic carboxylic acids is 2. The van der Waals surface area contributed by atoms with E-state index in [-0.39, 0.29) is 19.1 Å². The van der Waals surface area contributed by atoms with E-state index in [1.807, 2.05) is 48.5 Å². The molecule has 1 aliphatic heterocycles. The van der Waals surface area contributed by atoms with Crippen molar-refractivity contribution in [1.29, 1.82) is 0 Å². The number of carbonyl (C=O) groups excluding carboxylic acids is 2. The molecule has 2 aromatic rings. The van der Waals surface area contributed by atoms with E-state index in [4.69, 9.17) is 9.47 Å². The van der Waals surface area contributed by atoms with Crippen molar-refractivity contribution in [2.75, 3.05) is 13.2 Å². The van der Waals surface area contributed by atoms with Crippen molar-refractivity contribution in [3.63, 3.8) is 0 Å². The number of carboxylic acids is 2. The molecule has 2 atom stereocenters. The summed E-state index contributed by atoms with van der Waals surface area (Å²) in [4.78, 5) is 49.8. The molecule has 2 aliphatic rings. The molecule has 0 spiro atoms. The van der Waals surface area contributed by atoms with Crippen LogP contribution in [0.25, 0.3) is 11.1 Å². The van der Waals surface area contributed by atoms with Crippen molar-refractivity contribution in [3.05, 3.63) is 59.7 Å². The van der Waals surface area contributed by atoms with Gasteiger partial charge in [-0.3, -0.25) is 14.5 Å². The average Bonchev–Trinajstić information content (AvgIpc) is 3.30. The zero-order chi connectivity index (χ0) is 25.3. The summed E-state index contributed by atoms with van der Waals surface area (Å²) < 4.78 is 10.9. The van der Waals surface area contributed by atoms with E-state index < -0.39 is 48.2 Å². The smallest absolute Gasteiger partial charge is 0.407 e. The van der Waals surface area contributed by atoms with Gasteiger partial charge in [-0.1, -0.05) is 48.5 Å². The first-order valence-electron chi connectivity index (χ1n) is 11.1. The van der Waals surface area contributed by atoms with Crippen LogP contribution < -0.4 is 5.32 Å². The summed E-state index contributed by atoms with van der Waals surface area (Å²) in [5, 5.41) is 21.1. The van der Waals surface area contributed by atoms with Crippen molar-refractivity contribution in [3.8, 4) is 11.1 Å². The van der Waals surface area contributed by atoms with Crippen LogP contribution in [-0.4, -0.2) is 70.1 Å². The molecule has 10 heteroatoms. The van der Waals surface area contributed by atoms with Crippen LogP contribution in [0.3, 0.4) is 0 Å². The van der Waals surface area contributed by atoms with Gasteiger partial charge in [0.25, 0.3) is 0 Å². The normalized spacial score (nSPS) is 18.9. The van der Waals surface area contributed by atoms with Crippen LogP contribution in [0.2, 0.25) is 0 Å². The summed E-state index contributed by atoms with van der Waals surface area (Å²) in [7, 11) is 0. The lowest BCUT2D eigenvalue weighted by molar-refractivity contribution is -0.158. The largest absolute Gasteiger partial charge is 0.481 e. The average molecular weight is 482 g/mol. The van der Waals surface area contributed by atoms with Crippen LogP contribution in [0.4, 0.5) is 4.79 Å². The minimum atomic E-state index is -1.54. The fourth-order valence-corrected chi connectivity index (χ4v) is 4.73. The van der Waals surface area contributed by atoms with Crippen molar-refractivity contribution >= 4 is 23.9 Å². The summed E-state index contributed by atoms with van der Waals surface area (Å²) in [5.74, 6) is -3.73. The Labute approximate surface area is 201 Å². The number of benzene rings is 2. The van der Waals surface area contributed by atoms with E-state index in [0.717, 1.165) is 27.2 Å². The number of ether oxygens (including phenoxy) is 2. The maximum atomic E-state index is 13.2. The number of hydrogen-bond acceptors (Lipinski definition) is 6. The van der Waals surface area contributed by atoms with Gasteiger partial charge in [-0.25, -0.2) is 9.59 Å². The van der Waals surface area contributed by atoms with E-state index in [9.17, 15) is 29.4 Å². The van der Waals surface area contributed by atoms with Crippen LogP contribution in [0.1, 0.15) is 37.3 Å². The monoisotopic (exact) mass is 482 g/mol. The number of carbonyl (C=O) groups is 4. The van der Waals surface area contributed by atoms with Crippen molar-refractivity contribution < 1.29 is 38.9 Å². The highest BCUT2D eigenvalue weighted by Gasteiger charge is 2.49. The molecule has 2 aromatic carbocycles. The third-order valence-corrected chi connectivity index (χ3v) is 6.32. The number of amides is 2. The first-order valence-corrected chi connectivity index (χ1v) is 11.1.